The summed E-state index contributed by atoms with van der Waals surface area (Å²) in [6.45, 7) is 6.90. The molecular formula is C50H71N13O12. The fourth-order valence-corrected chi connectivity index (χ4v) is 8.31. The Balaban J connectivity index is 1.59. The number of carboxylic acid groups (broad SMARTS) is 2. The van der Waals surface area contributed by atoms with Crippen LogP contribution in [0.2, 0.25) is 0 Å². The Morgan fingerprint density at radius 2 is 1.35 bits per heavy atom. The van der Waals surface area contributed by atoms with Gasteiger partial charge in [0.05, 0.1) is 18.8 Å². The van der Waals surface area contributed by atoms with Gasteiger partial charge in [0.1, 0.15) is 48.0 Å². The van der Waals surface area contributed by atoms with Crippen LogP contribution < -0.4 is 49.1 Å². The van der Waals surface area contributed by atoms with Gasteiger partial charge in [-0.05, 0) is 60.8 Å². The number of likely N-dealkylation sites (tertiary alicyclic amines) is 1. The van der Waals surface area contributed by atoms with Crippen LogP contribution in [0.5, 0.6) is 5.75 Å². The highest BCUT2D eigenvalue weighted by molar-refractivity contribution is 5.98. The number of phenolic OH excluding ortho intramolecular Hbond substituents is 1. The maximum atomic E-state index is 14.6. The first-order valence-corrected chi connectivity index (χ1v) is 24.8. The van der Waals surface area contributed by atoms with E-state index < -0.39 is 120 Å². The molecule has 7 amide bonds. The number of aliphatic carboxylic acids is 2. The first-order valence-electron chi connectivity index (χ1n) is 24.8. The van der Waals surface area contributed by atoms with Gasteiger partial charge in [-0.1, -0.05) is 76.6 Å². The van der Waals surface area contributed by atoms with Gasteiger partial charge in [0.15, 0.2) is 5.96 Å². The molecule has 9 atom stereocenters. The molecule has 0 radical (unpaired) electrons. The molecule has 16 N–H and O–H groups in total. The number of carbonyl (C=O) groups excluding carboxylic acids is 7. The number of carboxylic acids is 2. The summed E-state index contributed by atoms with van der Waals surface area (Å²) in [7, 11) is 0. The SMILES string of the molecule is CC[C@H](C)[C@H](NC(=O)[C@H](Cc1ccc(O)cc1)NC(=O)[C@@H](NC(=O)[C@H](CCCN=C(N)N)NC(=O)[C@@H](N)CC(=O)O)C(C)C)C(=O)N[C@@H](Cc1cnc[nH]1)C(=O)N1CCC[C@@H]1C(=O)N[C@@H](Cc1ccccc1)C(=O)O. The van der Waals surface area contributed by atoms with Crippen LogP contribution in [0, 0.1) is 11.8 Å². The van der Waals surface area contributed by atoms with E-state index in [1.54, 1.807) is 58.0 Å². The molecule has 4 rings (SSSR count). The molecule has 1 aliphatic heterocycles. The van der Waals surface area contributed by atoms with Crippen molar-refractivity contribution in [3.8, 4) is 5.75 Å². The summed E-state index contributed by atoms with van der Waals surface area (Å²) >= 11 is 0. The van der Waals surface area contributed by atoms with E-state index in [1.807, 2.05) is 0 Å². The van der Waals surface area contributed by atoms with Crippen molar-refractivity contribution in [2.45, 2.75) is 134 Å². The molecule has 0 aliphatic carbocycles. The molecule has 25 nitrogen and oxygen atoms in total. The highest BCUT2D eigenvalue weighted by Gasteiger charge is 2.41. The molecule has 0 spiro atoms. The van der Waals surface area contributed by atoms with Crippen LogP contribution >= 0.6 is 0 Å². The molecule has 2 heterocycles. The summed E-state index contributed by atoms with van der Waals surface area (Å²) in [5.74, 6) is -9.64. The molecule has 1 aliphatic rings. The topological polar surface area (TPSA) is 409 Å². The quantitative estimate of drug-likeness (QED) is 0.0218. The molecule has 2 aromatic carbocycles. The largest absolute Gasteiger partial charge is 0.508 e. The summed E-state index contributed by atoms with van der Waals surface area (Å²) in [4.78, 5) is 134. The lowest BCUT2D eigenvalue weighted by atomic mass is 9.96. The highest BCUT2D eigenvalue weighted by atomic mass is 16.4. The first-order chi connectivity index (χ1) is 35.6. The van der Waals surface area contributed by atoms with E-state index >= 15 is 0 Å². The van der Waals surface area contributed by atoms with E-state index in [0.717, 1.165) is 0 Å². The van der Waals surface area contributed by atoms with Crippen molar-refractivity contribution in [1.29, 1.82) is 0 Å². The monoisotopic (exact) mass is 1050 g/mol. The fourth-order valence-electron chi connectivity index (χ4n) is 8.31. The van der Waals surface area contributed by atoms with Crippen LogP contribution in [-0.4, -0.2) is 151 Å². The zero-order chi connectivity index (χ0) is 55.4. The molecule has 0 bridgehead atoms. The van der Waals surface area contributed by atoms with Crippen molar-refractivity contribution in [2.75, 3.05) is 13.1 Å². The van der Waals surface area contributed by atoms with Gasteiger partial charge in [0, 0.05) is 44.2 Å². The summed E-state index contributed by atoms with van der Waals surface area (Å²) in [6, 6.07) is 3.95. The number of aliphatic imine (C=N–C) groups is 1. The Morgan fingerprint density at radius 1 is 0.747 bits per heavy atom. The van der Waals surface area contributed by atoms with Gasteiger partial charge < -0.3 is 74.3 Å². The van der Waals surface area contributed by atoms with Gasteiger partial charge in [0.2, 0.25) is 41.4 Å². The van der Waals surface area contributed by atoms with Crippen LogP contribution in [0.3, 0.4) is 0 Å². The van der Waals surface area contributed by atoms with Gasteiger partial charge in [0.25, 0.3) is 0 Å². The number of phenols is 1. The van der Waals surface area contributed by atoms with Crippen molar-refractivity contribution in [3.63, 3.8) is 0 Å². The van der Waals surface area contributed by atoms with Crippen molar-refractivity contribution < 1.29 is 58.5 Å². The Hall–Kier alpha value is -8.09. The minimum Gasteiger partial charge on any atom is -0.508 e. The minimum absolute atomic E-state index is 0.00211. The van der Waals surface area contributed by atoms with Crippen LogP contribution in [0.25, 0.3) is 0 Å². The minimum atomic E-state index is -1.51. The summed E-state index contributed by atoms with van der Waals surface area (Å²) in [5, 5.41) is 45.1. The van der Waals surface area contributed by atoms with Crippen molar-refractivity contribution in [3.05, 3.63) is 83.9 Å². The van der Waals surface area contributed by atoms with E-state index in [1.165, 1.54) is 41.7 Å². The molecule has 408 valence electrons. The summed E-state index contributed by atoms with van der Waals surface area (Å²) in [5.41, 5.74) is 18.2. The summed E-state index contributed by atoms with van der Waals surface area (Å²) < 4.78 is 0. The number of carbonyl (C=O) groups is 9. The fraction of sp³-hybridized carbons (Fsp3) is 0.500. The number of nitrogens with zero attached hydrogens (tertiary/aromatic N) is 3. The number of hydrogen-bond donors (Lipinski definition) is 13. The zero-order valence-corrected chi connectivity index (χ0v) is 42.5. The van der Waals surface area contributed by atoms with Crippen molar-refractivity contribution in [1.82, 2.24) is 46.8 Å². The van der Waals surface area contributed by atoms with E-state index in [9.17, 15) is 58.5 Å². The number of nitrogens with two attached hydrogens (primary N) is 3. The smallest absolute Gasteiger partial charge is 0.326 e. The van der Waals surface area contributed by atoms with Gasteiger partial charge in [-0.15, -0.1) is 0 Å². The maximum absolute atomic E-state index is 14.6. The first kappa shape index (κ1) is 59.5. The number of amides is 7. The number of hydrogen-bond acceptors (Lipinski definition) is 13. The third-order valence-corrected chi connectivity index (χ3v) is 12.7. The number of rotatable bonds is 29. The number of imidazole rings is 1. The third kappa shape index (κ3) is 18.7. The predicted octanol–water partition coefficient (Wildman–Crippen LogP) is -1.31. The third-order valence-electron chi connectivity index (χ3n) is 12.7. The summed E-state index contributed by atoms with van der Waals surface area (Å²) in [6.07, 6.45) is 2.92. The molecule has 25 heteroatoms. The molecule has 0 saturated carbocycles. The second-order valence-corrected chi connectivity index (χ2v) is 18.9. The number of aromatic amines is 1. The van der Waals surface area contributed by atoms with Crippen molar-refractivity contribution >= 4 is 59.2 Å². The maximum Gasteiger partial charge on any atom is 0.326 e. The number of benzene rings is 2. The lowest BCUT2D eigenvalue weighted by Gasteiger charge is -2.32. The van der Waals surface area contributed by atoms with Gasteiger partial charge >= 0.3 is 11.9 Å². The van der Waals surface area contributed by atoms with Gasteiger partial charge in [-0.2, -0.15) is 0 Å². The average molecular weight is 1050 g/mol. The van der Waals surface area contributed by atoms with Crippen LogP contribution in [-0.2, 0) is 62.4 Å². The predicted molar refractivity (Wildman–Crippen MR) is 273 cm³/mol. The standard InChI is InChI=1S/C50H71N13O12/c1-5-28(4)41(47(72)59-36(23-31-25-54-26-56-31)48(73)63-20-10-14-38(63)45(70)60-37(49(74)75)22-29-11-7-6-8-12-29)62-44(69)35(21-30-15-17-32(64)18-16-30)58-46(71)40(27(2)3)61-43(68)34(13-9-19-55-50(52)53)57-42(67)33(51)24-39(65)66/h6-8,11-12,15-18,25-28,33-38,40-41,64H,5,9-10,13-14,19-24,51H2,1-4H3,(H,54,56)(H,57,67)(H,58,71)(H,59,72)(H,60,70)(H,61,68)(H,62,69)(H,65,66)(H,74,75)(H4,52,53,55)/t28-,33-,34-,35-,36-,37-,38+,40-,41-/m0/s1. The van der Waals surface area contributed by atoms with Gasteiger partial charge in [-0.25, -0.2) is 9.78 Å². The molecule has 75 heavy (non-hydrogen) atoms. The molecule has 3 aromatic rings. The molecule has 1 fully saturated rings. The Labute approximate surface area is 434 Å². The van der Waals surface area contributed by atoms with E-state index in [2.05, 4.69) is 46.9 Å². The number of H-pyrrole nitrogens is 1. The highest BCUT2D eigenvalue weighted by Crippen LogP contribution is 2.21. The lowest BCUT2D eigenvalue weighted by molar-refractivity contribution is -0.145. The van der Waals surface area contributed by atoms with E-state index in [4.69, 9.17) is 17.2 Å². The average Bonchev–Trinajstić information content (AvgIpc) is 4.08. The van der Waals surface area contributed by atoms with Crippen LogP contribution in [0.4, 0.5) is 0 Å². The number of aromatic nitrogens is 2. The van der Waals surface area contributed by atoms with Crippen LogP contribution in [0.1, 0.15) is 83.0 Å². The zero-order valence-electron chi connectivity index (χ0n) is 42.5. The van der Waals surface area contributed by atoms with E-state index in [-0.39, 0.29) is 63.3 Å². The Morgan fingerprint density at radius 3 is 1.95 bits per heavy atom. The molecule has 1 aromatic heterocycles. The normalized spacial score (nSPS) is 16.3. The molecule has 0 unspecified atom stereocenters. The Kier molecular flexibility index (Phi) is 23.0. The lowest BCUT2D eigenvalue weighted by Crippen LogP contribution is -2.62. The second-order valence-electron chi connectivity index (χ2n) is 18.9. The molecular weight excluding hydrogens is 975 g/mol. The van der Waals surface area contributed by atoms with Crippen molar-refractivity contribution in [2.24, 2.45) is 34.0 Å². The van der Waals surface area contributed by atoms with Crippen LogP contribution in [0.15, 0.2) is 72.1 Å². The number of nitrogens with one attached hydrogen (secondary N) is 7. The van der Waals surface area contributed by atoms with E-state index in [0.29, 0.717) is 29.7 Å². The number of guanidine groups is 1. The molecule has 1 saturated heterocycles. The van der Waals surface area contributed by atoms with Gasteiger partial charge in [-0.3, -0.25) is 43.3 Å². The Bertz CT molecular complexity index is 2450. The number of aromatic hydroxyl groups is 1. The second kappa shape index (κ2) is 29.0.